The molecule has 0 fully saturated rings. The smallest absolute Gasteiger partial charge is 0.107 e. The van der Waals surface area contributed by atoms with Crippen LogP contribution in [0.2, 0.25) is 0 Å². The molecule has 0 saturated carbocycles. The lowest BCUT2D eigenvalue weighted by molar-refractivity contribution is -0.209. The van der Waals surface area contributed by atoms with Crippen molar-refractivity contribution in [2.45, 2.75) is 67.0 Å². The fourth-order valence-electron chi connectivity index (χ4n) is 1.69. The monoisotopic (exact) mass is 291 g/mol. The van der Waals surface area contributed by atoms with Crippen molar-refractivity contribution in [3.8, 4) is 0 Å². The van der Waals surface area contributed by atoms with Gasteiger partial charge in [0, 0.05) is 11.6 Å². The molecule has 0 heterocycles. The van der Waals surface area contributed by atoms with Crippen LogP contribution < -0.4 is 0 Å². The van der Waals surface area contributed by atoms with Crippen molar-refractivity contribution in [3.05, 3.63) is 48.7 Å². The van der Waals surface area contributed by atoms with Gasteiger partial charge in [0.1, 0.15) is 6.26 Å². The molecular formula is C19H33NO. The SMILES string of the molecule is C/C=C/ON(C(C)C(C)(C)C)C(C)(C)C.c1ccccc1. The van der Waals surface area contributed by atoms with E-state index in [1.54, 1.807) is 6.26 Å². The summed E-state index contributed by atoms with van der Waals surface area (Å²) in [6.45, 7) is 17.4. The van der Waals surface area contributed by atoms with Gasteiger partial charge in [-0.2, -0.15) is 0 Å². The molecule has 0 bridgehead atoms. The molecule has 21 heavy (non-hydrogen) atoms. The third kappa shape index (κ3) is 8.56. The van der Waals surface area contributed by atoms with Crippen LogP contribution in [-0.4, -0.2) is 16.6 Å². The Bertz CT molecular complexity index is 358. The van der Waals surface area contributed by atoms with Gasteiger partial charge in [0.25, 0.3) is 0 Å². The summed E-state index contributed by atoms with van der Waals surface area (Å²) in [5.74, 6) is 0. The lowest BCUT2D eigenvalue weighted by atomic mass is 9.86. The number of allylic oxidation sites excluding steroid dienone is 1. The second-order valence-corrected chi connectivity index (χ2v) is 7.27. The van der Waals surface area contributed by atoms with Crippen LogP contribution in [0.1, 0.15) is 55.4 Å². The quantitative estimate of drug-likeness (QED) is 0.525. The molecule has 0 aliphatic heterocycles. The molecule has 2 nitrogen and oxygen atoms in total. The predicted molar refractivity (Wildman–Crippen MR) is 92.9 cm³/mol. The first-order valence-corrected chi connectivity index (χ1v) is 7.68. The molecule has 0 amide bonds. The van der Waals surface area contributed by atoms with Gasteiger partial charge in [0.15, 0.2) is 0 Å². The topological polar surface area (TPSA) is 12.5 Å². The van der Waals surface area contributed by atoms with Crippen LogP contribution in [0.25, 0.3) is 0 Å². The van der Waals surface area contributed by atoms with Gasteiger partial charge >= 0.3 is 0 Å². The van der Waals surface area contributed by atoms with Crippen molar-refractivity contribution in [1.29, 1.82) is 0 Å². The highest BCUT2D eigenvalue weighted by molar-refractivity contribution is 4.99. The molecule has 1 rings (SSSR count). The summed E-state index contributed by atoms with van der Waals surface area (Å²) in [6.07, 6.45) is 3.65. The Balaban J connectivity index is 0.000000547. The molecule has 0 spiro atoms. The maximum Gasteiger partial charge on any atom is 0.107 e. The van der Waals surface area contributed by atoms with Gasteiger partial charge in [-0.15, -0.1) is 5.06 Å². The summed E-state index contributed by atoms with van der Waals surface area (Å²) in [5, 5.41) is 2.06. The number of benzene rings is 1. The largest absolute Gasteiger partial charge is 0.413 e. The van der Waals surface area contributed by atoms with Crippen LogP contribution in [-0.2, 0) is 4.84 Å². The maximum absolute atomic E-state index is 5.70. The first-order valence-electron chi connectivity index (χ1n) is 7.68. The van der Waals surface area contributed by atoms with Crippen molar-refractivity contribution in [2.75, 3.05) is 0 Å². The van der Waals surface area contributed by atoms with Gasteiger partial charge in [0.05, 0.1) is 0 Å². The predicted octanol–water partition coefficient (Wildman–Crippen LogP) is 5.67. The molecule has 1 aromatic carbocycles. The second-order valence-electron chi connectivity index (χ2n) is 7.27. The van der Waals surface area contributed by atoms with E-state index in [2.05, 4.69) is 53.5 Å². The summed E-state index contributed by atoms with van der Waals surface area (Å²) in [7, 11) is 0. The van der Waals surface area contributed by atoms with Crippen molar-refractivity contribution < 1.29 is 4.84 Å². The molecule has 1 atom stereocenters. The van der Waals surface area contributed by atoms with Crippen LogP contribution in [0, 0.1) is 5.41 Å². The number of rotatable bonds is 3. The van der Waals surface area contributed by atoms with E-state index in [9.17, 15) is 0 Å². The minimum Gasteiger partial charge on any atom is -0.413 e. The first-order chi connectivity index (χ1) is 9.60. The lowest BCUT2D eigenvalue weighted by Gasteiger charge is -2.43. The van der Waals surface area contributed by atoms with Crippen molar-refractivity contribution in [3.63, 3.8) is 0 Å². The molecule has 0 N–H and O–H groups in total. The van der Waals surface area contributed by atoms with Crippen LogP contribution in [0.3, 0.4) is 0 Å². The summed E-state index contributed by atoms with van der Waals surface area (Å²) < 4.78 is 0. The average molecular weight is 291 g/mol. The Hall–Kier alpha value is -1.28. The Morgan fingerprint density at radius 3 is 1.48 bits per heavy atom. The van der Waals surface area contributed by atoms with Crippen LogP contribution in [0.15, 0.2) is 48.7 Å². The highest BCUT2D eigenvalue weighted by Crippen LogP contribution is 2.29. The molecule has 0 aromatic heterocycles. The first kappa shape index (κ1) is 19.7. The average Bonchev–Trinajstić information content (AvgIpc) is 2.39. The van der Waals surface area contributed by atoms with E-state index in [0.29, 0.717) is 6.04 Å². The van der Waals surface area contributed by atoms with Gasteiger partial charge < -0.3 is 4.84 Å². The summed E-state index contributed by atoms with van der Waals surface area (Å²) in [4.78, 5) is 5.70. The Labute approximate surface area is 131 Å². The van der Waals surface area contributed by atoms with Crippen LogP contribution in [0.4, 0.5) is 0 Å². The van der Waals surface area contributed by atoms with Crippen molar-refractivity contribution in [2.24, 2.45) is 5.41 Å². The van der Waals surface area contributed by atoms with E-state index >= 15 is 0 Å². The number of hydroxylamine groups is 2. The van der Waals surface area contributed by atoms with Crippen LogP contribution >= 0.6 is 0 Å². The summed E-state index contributed by atoms with van der Waals surface area (Å²) >= 11 is 0. The van der Waals surface area contributed by atoms with Gasteiger partial charge in [-0.05, 0) is 40.0 Å². The van der Waals surface area contributed by atoms with Crippen molar-refractivity contribution in [1.82, 2.24) is 5.06 Å². The molecule has 0 saturated heterocycles. The third-order valence-corrected chi connectivity index (χ3v) is 3.24. The van der Waals surface area contributed by atoms with Gasteiger partial charge in [-0.1, -0.05) is 63.2 Å². The second kappa shape index (κ2) is 8.89. The number of nitrogens with zero attached hydrogens (tertiary/aromatic N) is 1. The summed E-state index contributed by atoms with van der Waals surface area (Å²) in [6, 6.07) is 12.4. The molecule has 0 radical (unpaired) electrons. The van der Waals surface area contributed by atoms with E-state index < -0.39 is 0 Å². The van der Waals surface area contributed by atoms with E-state index in [1.165, 1.54) is 0 Å². The zero-order valence-corrected chi connectivity index (χ0v) is 15.1. The normalized spacial score (nSPS) is 13.8. The van der Waals surface area contributed by atoms with E-state index in [0.717, 1.165) is 0 Å². The van der Waals surface area contributed by atoms with Gasteiger partial charge in [-0.3, -0.25) is 0 Å². The Morgan fingerprint density at radius 2 is 1.24 bits per heavy atom. The maximum atomic E-state index is 5.70. The minimum absolute atomic E-state index is 0.00616. The zero-order valence-electron chi connectivity index (χ0n) is 15.1. The van der Waals surface area contributed by atoms with Gasteiger partial charge in [-0.25, -0.2) is 0 Å². The van der Waals surface area contributed by atoms with Gasteiger partial charge in [0.2, 0.25) is 0 Å². The summed E-state index contributed by atoms with van der Waals surface area (Å²) in [5.41, 5.74) is 0.209. The fraction of sp³-hybridized carbons (Fsp3) is 0.579. The molecule has 1 unspecified atom stereocenters. The third-order valence-electron chi connectivity index (χ3n) is 3.24. The number of hydrogen-bond donors (Lipinski definition) is 0. The van der Waals surface area contributed by atoms with E-state index in [4.69, 9.17) is 4.84 Å². The number of hydrogen-bond acceptors (Lipinski definition) is 2. The van der Waals surface area contributed by atoms with Crippen LogP contribution in [0.5, 0.6) is 0 Å². The zero-order chi connectivity index (χ0) is 16.5. The highest BCUT2D eigenvalue weighted by Gasteiger charge is 2.34. The highest BCUT2D eigenvalue weighted by atomic mass is 16.7. The molecule has 120 valence electrons. The minimum atomic E-state index is 0.00616. The Kier molecular flexibility index (Phi) is 8.34. The molecule has 1 aromatic rings. The Morgan fingerprint density at radius 1 is 0.857 bits per heavy atom. The van der Waals surface area contributed by atoms with E-state index in [1.807, 2.05) is 49.4 Å². The fourth-order valence-corrected chi connectivity index (χ4v) is 1.69. The molecule has 2 heteroatoms. The molecule has 0 aliphatic rings. The standard InChI is InChI=1S/C13H27NO.C6H6/c1-9-10-15-14(13(6,7)8)11(2)12(3,4)5;1-2-4-6-5-3-1/h9-11H,1-8H3;1-6H/b10-9+;. The lowest BCUT2D eigenvalue weighted by Crippen LogP contribution is -2.50. The van der Waals surface area contributed by atoms with E-state index in [-0.39, 0.29) is 11.0 Å². The molecular weight excluding hydrogens is 258 g/mol. The molecule has 0 aliphatic carbocycles. The van der Waals surface area contributed by atoms with Crippen molar-refractivity contribution >= 4 is 0 Å².